The first-order valence-electron chi connectivity index (χ1n) is 12.9. The monoisotopic (exact) mass is 467 g/mol. The molecule has 180 valence electrons. The lowest BCUT2D eigenvalue weighted by Crippen LogP contribution is -2.49. The molecule has 2 heterocycles. The van der Waals surface area contributed by atoms with Crippen molar-refractivity contribution in [2.75, 3.05) is 44.3 Å². The number of morpholine rings is 1. The Bertz CT molecular complexity index is 1290. The van der Waals surface area contributed by atoms with Crippen molar-refractivity contribution >= 4 is 17.0 Å². The van der Waals surface area contributed by atoms with Gasteiger partial charge in [0.25, 0.3) is 0 Å². The molecule has 2 fully saturated rings. The molecule has 2 aliphatic heterocycles. The Morgan fingerprint density at radius 3 is 2.49 bits per heavy atom. The van der Waals surface area contributed by atoms with Crippen LogP contribution in [0, 0.1) is 18.3 Å². The summed E-state index contributed by atoms with van der Waals surface area (Å²) in [5.41, 5.74) is 9.03. The summed E-state index contributed by atoms with van der Waals surface area (Å²) in [4.78, 5) is 18.9. The topological polar surface area (TPSA) is 56.6 Å². The number of ether oxygens (including phenoxy) is 1. The van der Waals surface area contributed by atoms with E-state index in [4.69, 9.17) is 4.74 Å². The van der Waals surface area contributed by atoms with Crippen LogP contribution in [0.15, 0.2) is 35.9 Å². The summed E-state index contributed by atoms with van der Waals surface area (Å²) < 4.78 is 5.54. The molecular weight excluding hydrogens is 434 g/mol. The summed E-state index contributed by atoms with van der Waals surface area (Å²) in [7, 11) is 0. The highest BCUT2D eigenvalue weighted by atomic mass is 16.5. The average molecular weight is 468 g/mol. The van der Waals surface area contributed by atoms with Gasteiger partial charge < -0.3 is 9.64 Å². The third-order valence-corrected chi connectivity index (χ3v) is 8.78. The number of carbonyl (C=O) groups excluding carboxylic acids is 1. The van der Waals surface area contributed by atoms with Crippen LogP contribution < -0.4 is 4.90 Å². The van der Waals surface area contributed by atoms with Crippen LogP contribution in [0.2, 0.25) is 0 Å². The molecule has 2 aliphatic carbocycles. The predicted molar refractivity (Wildman–Crippen MR) is 138 cm³/mol. The van der Waals surface area contributed by atoms with E-state index in [9.17, 15) is 10.1 Å². The summed E-state index contributed by atoms with van der Waals surface area (Å²) >= 11 is 0. The van der Waals surface area contributed by atoms with Crippen molar-refractivity contribution in [1.29, 1.82) is 5.26 Å². The quantitative estimate of drug-likeness (QED) is 0.644. The van der Waals surface area contributed by atoms with Gasteiger partial charge in [-0.3, -0.25) is 9.69 Å². The Morgan fingerprint density at radius 2 is 1.77 bits per heavy atom. The Hall–Kier alpha value is -2.94. The smallest absolute Gasteiger partial charge is 0.193 e. The fourth-order valence-corrected chi connectivity index (χ4v) is 6.74. The van der Waals surface area contributed by atoms with E-state index in [0.717, 1.165) is 73.6 Å². The van der Waals surface area contributed by atoms with Crippen LogP contribution in [0.1, 0.15) is 64.9 Å². The Balaban J connectivity index is 1.31. The number of nitriles is 1. The van der Waals surface area contributed by atoms with Crippen molar-refractivity contribution in [1.82, 2.24) is 4.90 Å². The van der Waals surface area contributed by atoms with E-state index in [2.05, 4.69) is 48.8 Å². The number of fused-ring (bicyclic) bond motifs is 3. The minimum absolute atomic E-state index is 0.137. The first kappa shape index (κ1) is 22.5. The molecule has 2 saturated heterocycles. The number of allylic oxidation sites excluding steroid dienone is 2. The second kappa shape index (κ2) is 8.33. The molecule has 0 spiro atoms. The largest absolute Gasteiger partial charge is 0.379 e. The molecule has 0 saturated carbocycles. The fraction of sp³-hybridized carbons (Fsp3) is 0.467. The van der Waals surface area contributed by atoms with Gasteiger partial charge in [-0.2, -0.15) is 5.26 Å². The molecule has 35 heavy (non-hydrogen) atoms. The van der Waals surface area contributed by atoms with Crippen LogP contribution >= 0.6 is 0 Å². The highest BCUT2D eigenvalue weighted by Gasteiger charge is 2.43. The molecule has 0 unspecified atom stereocenters. The van der Waals surface area contributed by atoms with E-state index in [-0.39, 0.29) is 11.2 Å². The fourth-order valence-electron chi connectivity index (χ4n) is 6.74. The summed E-state index contributed by atoms with van der Waals surface area (Å²) in [6, 6.07) is 13.1. The van der Waals surface area contributed by atoms with Gasteiger partial charge >= 0.3 is 0 Å². The first-order valence-corrected chi connectivity index (χ1v) is 12.9. The van der Waals surface area contributed by atoms with Crippen molar-refractivity contribution in [2.24, 2.45) is 0 Å². The zero-order chi connectivity index (χ0) is 24.3. The van der Waals surface area contributed by atoms with E-state index in [0.29, 0.717) is 11.6 Å². The predicted octanol–water partition coefficient (Wildman–Crippen LogP) is 4.65. The second-order valence-electron chi connectivity index (χ2n) is 11.0. The van der Waals surface area contributed by atoms with Crippen molar-refractivity contribution in [2.45, 2.75) is 51.5 Å². The molecule has 5 nitrogen and oxygen atoms in total. The number of rotatable bonds is 2. The molecular formula is C30H33N3O2. The number of anilines is 1. The average Bonchev–Trinajstić information content (AvgIpc) is 3.28. The number of carbonyl (C=O) groups is 1. The summed E-state index contributed by atoms with van der Waals surface area (Å²) in [5, 5.41) is 9.36. The molecule has 2 aromatic carbocycles. The molecule has 6 rings (SSSR count). The minimum atomic E-state index is -0.237. The van der Waals surface area contributed by atoms with E-state index in [1.54, 1.807) is 0 Å². The van der Waals surface area contributed by atoms with Crippen LogP contribution in [-0.2, 0) is 16.6 Å². The Labute approximate surface area is 208 Å². The normalized spacial score (nSPS) is 22.0. The van der Waals surface area contributed by atoms with Gasteiger partial charge in [-0.05, 0) is 78.3 Å². The number of ketones is 1. The second-order valence-corrected chi connectivity index (χ2v) is 11.0. The molecule has 0 bridgehead atoms. The standard InChI is InChI=1S/C30H33N3O2/c1-19-14-24-25(17-27(19)33-8-6-22(7-9-33)32-10-12-35-13-11-32)30(2,3)26-16-21-15-20(18-31)4-5-23(21)28(26)29(24)34/h4-5,14-15,17,22H,6-13,16H2,1-3H3. The third-order valence-electron chi connectivity index (χ3n) is 8.78. The van der Waals surface area contributed by atoms with Crippen molar-refractivity contribution in [3.8, 4) is 6.07 Å². The molecule has 0 atom stereocenters. The number of nitrogens with zero attached hydrogens (tertiary/aromatic N) is 3. The Kier molecular flexibility index (Phi) is 5.36. The van der Waals surface area contributed by atoms with Crippen LogP contribution in [0.4, 0.5) is 5.69 Å². The van der Waals surface area contributed by atoms with Gasteiger partial charge in [0.2, 0.25) is 0 Å². The SMILES string of the molecule is Cc1cc2c(cc1N1CCC(N3CCOCC3)CC1)C(C)(C)C1=C(C2=O)c2ccc(C#N)cc2C1. The molecule has 0 amide bonds. The number of hydrogen-bond donors (Lipinski definition) is 0. The van der Waals surface area contributed by atoms with E-state index >= 15 is 0 Å². The zero-order valence-electron chi connectivity index (χ0n) is 21.0. The van der Waals surface area contributed by atoms with Gasteiger partial charge in [0.1, 0.15) is 0 Å². The van der Waals surface area contributed by atoms with Crippen LogP contribution in [0.5, 0.6) is 0 Å². The summed E-state index contributed by atoms with van der Waals surface area (Å²) in [5.74, 6) is 0.137. The highest BCUT2D eigenvalue weighted by Crippen LogP contribution is 2.51. The summed E-state index contributed by atoms with van der Waals surface area (Å²) in [6.45, 7) is 12.6. The maximum absolute atomic E-state index is 13.8. The maximum atomic E-state index is 13.8. The van der Waals surface area contributed by atoms with Gasteiger partial charge in [0.05, 0.1) is 24.8 Å². The zero-order valence-corrected chi connectivity index (χ0v) is 21.0. The third kappa shape index (κ3) is 3.54. The lowest BCUT2D eigenvalue weighted by atomic mass is 9.68. The van der Waals surface area contributed by atoms with E-state index in [1.165, 1.54) is 29.7 Å². The van der Waals surface area contributed by atoms with Gasteiger partial charge in [0.15, 0.2) is 5.78 Å². The first-order chi connectivity index (χ1) is 16.9. The van der Waals surface area contributed by atoms with Crippen LogP contribution in [-0.4, -0.2) is 56.1 Å². The number of aryl methyl sites for hydroxylation is 1. The molecule has 0 N–H and O–H groups in total. The van der Waals surface area contributed by atoms with Crippen molar-refractivity contribution < 1.29 is 9.53 Å². The molecule has 0 aromatic heterocycles. The van der Waals surface area contributed by atoms with Crippen LogP contribution in [0.3, 0.4) is 0 Å². The summed E-state index contributed by atoms with van der Waals surface area (Å²) in [6.07, 6.45) is 3.09. The van der Waals surface area contributed by atoms with Gasteiger partial charge in [-0.1, -0.05) is 19.9 Å². The maximum Gasteiger partial charge on any atom is 0.193 e. The molecule has 4 aliphatic rings. The van der Waals surface area contributed by atoms with E-state index in [1.807, 2.05) is 18.2 Å². The molecule has 0 radical (unpaired) electrons. The van der Waals surface area contributed by atoms with Gasteiger partial charge in [-0.15, -0.1) is 0 Å². The molecule has 2 aromatic rings. The number of hydrogen-bond acceptors (Lipinski definition) is 5. The lowest BCUT2D eigenvalue weighted by molar-refractivity contribution is 0.0115. The highest BCUT2D eigenvalue weighted by molar-refractivity contribution is 6.33. The number of Topliss-reactive ketones (excluding diaryl/α,β-unsaturated/α-hetero) is 1. The molecule has 5 heteroatoms. The van der Waals surface area contributed by atoms with Crippen molar-refractivity contribution in [3.05, 3.63) is 69.3 Å². The minimum Gasteiger partial charge on any atom is -0.379 e. The number of piperidine rings is 1. The van der Waals surface area contributed by atoms with Gasteiger partial charge in [0, 0.05) is 54.5 Å². The van der Waals surface area contributed by atoms with Crippen LogP contribution in [0.25, 0.3) is 5.57 Å². The Morgan fingerprint density at radius 1 is 1.03 bits per heavy atom. The van der Waals surface area contributed by atoms with Crippen molar-refractivity contribution in [3.63, 3.8) is 0 Å². The number of benzene rings is 2. The van der Waals surface area contributed by atoms with Gasteiger partial charge in [-0.25, -0.2) is 0 Å². The van der Waals surface area contributed by atoms with E-state index < -0.39 is 0 Å². The lowest BCUT2D eigenvalue weighted by Gasteiger charge is -2.42.